The highest BCUT2D eigenvalue weighted by atomic mass is 16.5. The molecule has 1 aromatic heterocycles. The Morgan fingerprint density at radius 2 is 1.88 bits per heavy atom. The van der Waals surface area contributed by atoms with Gasteiger partial charge in [-0.1, -0.05) is 0 Å². The van der Waals surface area contributed by atoms with E-state index < -0.39 is 0 Å². The lowest BCUT2D eigenvalue weighted by Gasteiger charge is -2.06. The number of rotatable bonds is 7. The molecule has 4 N–H and O–H groups in total. The molecule has 0 unspecified atom stereocenters. The smallest absolute Gasteiger partial charge is 0.225 e. The lowest BCUT2D eigenvalue weighted by Crippen LogP contribution is -2.11. The summed E-state index contributed by atoms with van der Waals surface area (Å²) in [6, 6.07) is 1.51. The van der Waals surface area contributed by atoms with Gasteiger partial charge < -0.3 is 25.7 Å². The van der Waals surface area contributed by atoms with Gasteiger partial charge in [0.1, 0.15) is 12.4 Å². The molecule has 1 rings (SSSR count). The first-order valence-corrected chi connectivity index (χ1v) is 4.82. The third kappa shape index (κ3) is 4.76. The minimum atomic E-state index is 0.0929. The van der Waals surface area contributed by atoms with Crippen molar-refractivity contribution >= 4 is 11.8 Å². The minimum Gasteiger partial charge on any atom is -0.475 e. The molecule has 90 valence electrons. The third-order valence-electron chi connectivity index (χ3n) is 1.65. The SMILES string of the molecule is COCCOCCOc1cc(N)nc(N)n1. The fourth-order valence-corrected chi connectivity index (χ4v) is 0.985. The molecule has 0 saturated heterocycles. The lowest BCUT2D eigenvalue weighted by atomic mass is 10.5. The summed E-state index contributed by atoms with van der Waals surface area (Å²) in [6.07, 6.45) is 0. The van der Waals surface area contributed by atoms with Gasteiger partial charge in [0, 0.05) is 13.2 Å². The van der Waals surface area contributed by atoms with Gasteiger partial charge in [-0.05, 0) is 0 Å². The van der Waals surface area contributed by atoms with E-state index in [1.165, 1.54) is 6.07 Å². The number of hydrogen-bond donors (Lipinski definition) is 2. The fraction of sp³-hybridized carbons (Fsp3) is 0.556. The molecule has 0 fully saturated rings. The van der Waals surface area contributed by atoms with Crippen molar-refractivity contribution in [2.45, 2.75) is 0 Å². The Balaban J connectivity index is 2.21. The summed E-state index contributed by atoms with van der Waals surface area (Å²) in [7, 11) is 1.62. The molecule has 0 amide bonds. The molecule has 0 spiro atoms. The third-order valence-corrected chi connectivity index (χ3v) is 1.65. The van der Waals surface area contributed by atoms with Crippen molar-refractivity contribution in [3.8, 4) is 5.88 Å². The van der Waals surface area contributed by atoms with Crippen LogP contribution in [0, 0.1) is 0 Å². The molecule has 0 aliphatic rings. The highest BCUT2D eigenvalue weighted by Gasteiger charge is 2.00. The van der Waals surface area contributed by atoms with Crippen molar-refractivity contribution in [1.29, 1.82) is 0 Å². The van der Waals surface area contributed by atoms with E-state index in [0.717, 1.165) is 0 Å². The molecular weight excluding hydrogens is 212 g/mol. The molecule has 0 bridgehead atoms. The Hall–Kier alpha value is -1.60. The van der Waals surface area contributed by atoms with Crippen LogP contribution < -0.4 is 16.2 Å². The van der Waals surface area contributed by atoms with E-state index in [0.29, 0.717) is 32.3 Å². The van der Waals surface area contributed by atoms with Gasteiger partial charge in [0.05, 0.1) is 19.8 Å². The van der Waals surface area contributed by atoms with E-state index in [2.05, 4.69) is 9.97 Å². The summed E-state index contributed by atoms with van der Waals surface area (Å²) in [5.74, 6) is 0.721. The number of nitrogens with two attached hydrogens (primary N) is 2. The number of hydrogen-bond acceptors (Lipinski definition) is 7. The number of ether oxygens (including phenoxy) is 3. The molecule has 0 aliphatic heterocycles. The van der Waals surface area contributed by atoms with Crippen LogP contribution in [0.2, 0.25) is 0 Å². The molecular formula is C9H16N4O3. The second-order valence-corrected chi connectivity index (χ2v) is 2.94. The van der Waals surface area contributed by atoms with Crippen LogP contribution in [0.15, 0.2) is 6.07 Å². The average molecular weight is 228 g/mol. The number of aromatic nitrogens is 2. The van der Waals surface area contributed by atoms with E-state index in [4.69, 9.17) is 25.7 Å². The van der Waals surface area contributed by atoms with Gasteiger partial charge in [-0.2, -0.15) is 9.97 Å². The van der Waals surface area contributed by atoms with Crippen LogP contribution in [-0.4, -0.2) is 43.5 Å². The summed E-state index contributed by atoms with van der Waals surface area (Å²) in [5.41, 5.74) is 10.9. The Bertz CT molecular complexity index is 301. The van der Waals surface area contributed by atoms with E-state index in [1.54, 1.807) is 7.11 Å². The Morgan fingerprint density at radius 1 is 1.12 bits per heavy atom. The first kappa shape index (κ1) is 12.5. The van der Waals surface area contributed by atoms with Gasteiger partial charge in [0.25, 0.3) is 0 Å². The lowest BCUT2D eigenvalue weighted by molar-refractivity contribution is 0.0537. The summed E-state index contributed by atoms with van der Waals surface area (Å²) in [5, 5.41) is 0. The summed E-state index contributed by atoms with van der Waals surface area (Å²) < 4.78 is 15.3. The maximum Gasteiger partial charge on any atom is 0.225 e. The van der Waals surface area contributed by atoms with Gasteiger partial charge in [0.2, 0.25) is 11.8 Å². The van der Waals surface area contributed by atoms with Crippen LogP contribution in [-0.2, 0) is 9.47 Å². The molecule has 0 aromatic carbocycles. The Labute approximate surface area is 93.7 Å². The Kier molecular flexibility index (Phi) is 5.30. The van der Waals surface area contributed by atoms with Gasteiger partial charge in [0.15, 0.2) is 0 Å². The van der Waals surface area contributed by atoms with Crippen LogP contribution >= 0.6 is 0 Å². The highest BCUT2D eigenvalue weighted by Crippen LogP contribution is 2.11. The van der Waals surface area contributed by atoms with Crippen molar-refractivity contribution in [2.24, 2.45) is 0 Å². The number of methoxy groups -OCH3 is 1. The predicted molar refractivity (Wildman–Crippen MR) is 59.0 cm³/mol. The van der Waals surface area contributed by atoms with Crippen LogP contribution in [0.4, 0.5) is 11.8 Å². The zero-order valence-electron chi connectivity index (χ0n) is 9.18. The molecule has 0 aliphatic carbocycles. The van der Waals surface area contributed by atoms with Gasteiger partial charge in [-0.25, -0.2) is 0 Å². The van der Waals surface area contributed by atoms with Crippen LogP contribution in [0.25, 0.3) is 0 Å². The second-order valence-electron chi connectivity index (χ2n) is 2.94. The van der Waals surface area contributed by atoms with Crippen LogP contribution in [0.5, 0.6) is 5.88 Å². The topological polar surface area (TPSA) is 106 Å². The number of nitrogens with zero attached hydrogens (tertiary/aromatic N) is 2. The van der Waals surface area contributed by atoms with Crippen molar-refractivity contribution in [2.75, 3.05) is 45.0 Å². The number of nitrogen functional groups attached to an aromatic ring is 2. The first-order valence-electron chi connectivity index (χ1n) is 4.82. The maximum absolute atomic E-state index is 5.47. The molecule has 7 heteroatoms. The largest absolute Gasteiger partial charge is 0.475 e. The molecule has 7 nitrogen and oxygen atoms in total. The molecule has 1 heterocycles. The van der Waals surface area contributed by atoms with Gasteiger partial charge >= 0.3 is 0 Å². The standard InChI is InChI=1S/C9H16N4O3/c1-14-2-3-15-4-5-16-8-6-7(10)12-9(11)13-8/h6H,2-5H2,1H3,(H4,10,11,12,13). The molecule has 0 saturated carbocycles. The van der Waals surface area contributed by atoms with Gasteiger partial charge in [-0.15, -0.1) is 0 Å². The van der Waals surface area contributed by atoms with Crippen LogP contribution in [0.1, 0.15) is 0 Å². The van der Waals surface area contributed by atoms with E-state index in [1.807, 2.05) is 0 Å². The minimum absolute atomic E-state index is 0.0929. The summed E-state index contributed by atoms with van der Waals surface area (Å²) in [4.78, 5) is 7.57. The van der Waals surface area contributed by atoms with Crippen molar-refractivity contribution < 1.29 is 14.2 Å². The molecule has 0 radical (unpaired) electrons. The predicted octanol–water partition coefficient (Wildman–Crippen LogP) is -0.317. The zero-order valence-corrected chi connectivity index (χ0v) is 9.18. The van der Waals surface area contributed by atoms with Crippen molar-refractivity contribution in [3.63, 3.8) is 0 Å². The summed E-state index contributed by atoms with van der Waals surface area (Å²) in [6.45, 7) is 1.92. The summed E-state index contributed by atoms with van der Waals surface area (Å²) >= 11 is 0. The van der Waals surface area contributed by atoms with E-state index in [9.17, 15) is 0 Å². The normalized spacial score (nSPS) is 10.3. The van der Waals surface area contributed by atoms with Crippen LogP contribution in [0.3, 0.4) is 0 Å². The zero-order chi connectivity index (χ0) is 11.8. The van der Waals surface area contributed by atoms with E-state index in [-0.39, 0.29) is 11.8 Å². The van der Waals surface area contributed by atoms with Crippen molar-refractivity contribution in [3.05, 3.63) is 6.07 Å². The maximum atomic E-state index is 5.47. The van der Waals surface area contributed by atoms with E-state index >= 15 is 0 Å². The number of anilines is 2. The first-order chi connectivity index (χ1) is 7.72. The van der Waals surface area contributed by atoms with Crippen molar-refractivity contribution in [1.82, 2.24) is 9.97 Å². The van der Waals surface area contributed by atoms with Gasteiger partial charge in [-0.3, -0.25) is 0 Å². The fourth-order valence-electron chi connectivity index (χ4n) is 0.985. The quantitative estimate of drug-likeness (QED) is 0.616. The second kappa shape index (κ2) is 6.81. The Morgan fingerprint density at radius 3 is 2.56 bits per heavy atom. The monoisotopic (exact) mass is 228 g/mol. The molecule has 1 aromatic rings. The molecule has 0 atom stereocenters. The highest BCUT2D eigenvalue weighted by molar-refractivity contribution is 5.38. The molecule has 16 heavy (non-hydrogen) atoms. The average Bonchev–Trinajstić information content (AvgIpc) is 2.22.